The molecule has 1 aromatic heterocycles. The van der Waals surface area contributed by atoms with Gasteiger partial charge in [0.25, 0.3) is 5.91 Å². The van der Waals surface area contributed by atoms with Crippen LogP contribution < -0.4 is 5.32 Å². The van der Waals surface area contributed by atoms with E-state index in [9.17, 15) is 4.79 Å². The second kappa shape index (κ2) is 8.21. The summed E-state index contributed by atoms with van der Waals surface area (Å²) in [4.78, 5) is 19.0. The number of nitrogens with one attached hydrogen (secondary N) is 1. The van der Waals surface area contributed by atoms with Crippen molar-refractivity contribution in [2.45, 2.75) is 0 Å². The molecule has 0 aliphatic carbocycles. The van der Waals surface area contributed by atoms with E-state index in [1.807, 2.05) is 72.1 Å². The molecule has 0 bridgehead atoms. The van der Waals surface area contributed by atoms with Gasteiger partial charge in [-0.1, -0.05) is 41.9 Å². The van der Waals surface area contributed by atoms with Gasteiger partial charge in [-0.25, -0.2) is 4.98 Å². The van der Waals surface area contributed by atoms with Gasteiger partial charge >= 0.3 is 0 Å². The quantitative estimate of drug-likeness (QED) is 0.401. The highest BCUT2D eigenvalue weighted by atomic mass is 32.2. The number of imidazole rings is 1. The minimum Gasteiger partial charge on any atom is -0.307 e. The van der Waals surface area contributed by atoms with Gasteiger partial charge in [0.05, 0.1) is 22.5 Å². The molecule has 5 nitrogen and oxygen atoms in total. The summed E-state index contributed by atoms with van der Waals surface area (Å²) in [5, 5.41) is 2.64. The third-order valence-corrected chi connectivity index (χ3v) is 5.45. The SMILES string of the molecule is CN(C)CC#Cc1ccc(-n2cnc3ccc(/C=C4\SC(=S)NC4=O)cc32)cc1. The molecule has 0 saturated carbocycles. The number of nitrogens with zero attached hydrogens (tertiary/aromatic N) is 3. The first-order valence-electron chi connectivity index (χ1n) is 8.95. The van der Waals surface area contributed by atoms with Crippen LogP contribution in [0.5, 0.6) is 0 Å². The summed E-state index contributed by atoms with van der Waals surface area (Å²) in [7, 11) is 4.00. The van der Waals surface area contributed by atoms with Crippen LogP contribution in [0.25, 0.3) is 22.8 Å². The lowest BCUT2D eigenvalue weighted by Crippen LogP contribution is -2.17. The fraction of sp³-hybridized carbons (Fsp3) is 0.136. The number of rotatable bonds is 3. The van der Waals surface area contributed by atoms with Crippen LogP contribution in [0, 0.1) is 11.8 Å². The Morgan fingerprint density at radius 3 is 2.72 bits per heavy atom. The Labute approximate surface area is 178 Å². The van der Waals surface area contributed by atoms with Gasteiger partial charge in [0.1, 0.15) is 10.6 Å². The average molecular weight is 419 g/mol. The van der Waals surface area contributed by atoms with Crippen LogP contribution in [-0.4, -0.2) is 45.3 Å². The van der Waals surface area contributed by atoms with Crippen molar-refractivity contribution >= 4 is 51.3 Å². The summed E-state index contributed by atoms with van der Waals surface area (Å²) in [6.07, 6.45) is 3.65. The number of hydrogen-bond acceptors (Lipinski definition) is 5. The van der Waals surface area contributed by atoms with Crippen LogP contribution in [0.15, 0.2) is 53.7 Å². The molecule has 144 valence electrons. The second-order valence-electron chi connectivity index (χ2n) is 6.80. The highest BCUT2D eigenvalue weighted by molar-refractivity contribution is 8.26. The number of carbonyl (C=O) groups excluding carboxylic acids is 1. The monoisotopic (exact) mass is 418 g/mol. The third-order valence-electron chi connectivity index (χ3n) is 4.28. The Morgan fingerprint density at radius 1 is 1.24 bits per heavy atom. The molecule has 1 N–H and O–H groups in total. The smallest absolute Gasteiger partial charge is 0.263 e. The summed E-state index contributed by atoms with van der Waals surface area (Å²) < 4.78 is 2.52. The van der Waals surface area contributed by atoms with Crippen molar-refractivity contribution < 1.29 is 4.79 Å². The van der Waals surface area contributed by atoms with Gasteiger partial charge in [-0.05, 0) is 62.1 Å². The lowest BCUT2D eigenvalue weighted by Gasteiger charge is -2.05. The second-order valence-corrected chi connectivity index (χ2v) is 8.52. The van der Waals surface area contributed by atoms with Crippen LogP contribution >= 0.6 is 24.0 Å². The average Bonchev–Trinajstić information content (AvgIpc) is 3.24. The van der Waals surface area contributed by atoms with Crippen LogP contribution in [0.1, 0.15) is 11.1 Å². The standard InChI is InChI=1S/C22H18N4OS2/c1-25(2)11-3-4-15-5-8-17(9-6-15)26-14-23-18-10-7-16(12-19(18)26)13-20-21(27)24-22(28)29-20/h5-10,12-14H,11H2,1-2H3,(H,24,27,28)/b20-13-. The molecule has 1 aliphatic heterocycles. The van der Waals surface area contributed by atoms with Gasteiger partial charge in [0.2, 0.25) is 0 Å². The Hall–Kier alpha value is -2.92. The van der Waals surface area contributed by atoms with Crippen molar-refractivity contribution in [2.24, 2.45) is 0 Å². The highest BCUT2D eigenvalue weighted by Crippen LogP contribution is 2.27. The van der Waals surface area contributed by atoms with Crippen molar-refractivity contribution in [2.75, 3.05) is 20.6 Å². The number of fused-ring (bicyclic) bond motifs is 1. The maximum Gasteiger partial charge on any atom is 0.263 e. The van der Waals surface area contributed by atoms with Crippen LogP contribution in [0.3, 0.4) is 0 Å². The first kappa shape index (κ1) is 19.4. The number of carbonyl (C=O) groups is 1. The number of benzene rings is 2. The Balaban J connectivity index is 1.64. The number of amides is 1. The molecule has 0 radical (unpaired) electrons. The largest absolute Gasteiger partial charge is 0.307 e. The molecule has 29 heavy (non-hydrogen) atoms. The van der Waals surface area contributed by atoms with Crippen molar-refractivity contribution in [1.82, 2.24) is 19.8 Å². The molecule has 2 aromatic carbocycles. The van der Waals surface area contributed by atoms with Crippen LogP contribution in [0.2, 0.25) is 0 Å². The van der Waals surface area contributed by atoms with E-state index in [1.165, 1.54) is 11.8 Å². The van der Waals surface area contributed by atoms with E-state index >= 15 is 0 Å². The van der Waals surface area contributed by atoms with Gasteiger partial charge in [0, 0.05) is 11.3 Å². The van der Waals surface area contributed by atoms with Crippen LogP contribution in [0.4, 0.5) is 0 Å². The molecule has 4 rings (SSSR count). The number of hydrogen-bond donors (Lipinski definition) is 1. The Morgan fingerprint density at radius 2 is 2.03 bits per heavy atom. The van der Waals surface area contributed by atoms with E-state index in [0.29, 0.717) is 9.23 Å². The summed E-state index contributed by atoms with van der Waals surface area (Å²) in [5.74, 6) is 6.15. The number of aromatic nitrogens is 2. The van der Waals surface area contributed by atoms with Crippen molar-refractivity contribution in [3.05, 3.63) is 64.8 Å². The molecule has 1 amide bonds. The van der Waals surface area contributed by atoms with Crippen LogP contribution in [-0.2, 0) is 4.79 Å². The van der Waals surface area contributed by atoms with E-state index in [4.69, 9.17) is 12.2 Å². The van der Waals surface area contributed by atoms with Gasteiger partial charge in [-0.2, -0.15) is 0 Å². The van der Waals surface area contributed by atoms with Gasteiger partial charge < -0.3 is 5.32 Å². The summed E-state index contributed by atoms with van der Waals surface area (Å²) in [6, 6.07) is 14.0. The number of thioether (sulfide) groups is 1. The zero-order valence-corrected chi connectivity index (χ0v) is 17.6. The molecule has 0 atom stereocenters. The van der Waals surface area contributed by atoms with Gasteiger partial charge in [-0.3, -0.25) is 14.3 Å². The minimum atomic E-state index is -0.153. The fourth-order valence-electron chi connectivity index (χ4n) is 2.90. The molecular weight excluding hydrogens is 400 g/mol. The third kappa shape index (κ3) is 4.40. The molecule has 3 aromatic rings. The summed E-state index contributed by atoms with van der Waals surface area (Å²) >= 11 is 6.33. The van der Waals surface area contributed by atoms with E-state index in [0.717, 1.165) is 34.4 Å². The predicted molar refractivity (Wildman–Crippen MR) is 123 cm³/mol. The molecule has 1 fully saturated rings. The van der Waals surface area contributed by atoms with Crippen molar-refractivity contribution in [1.29, 1.82) is 0 Å². The summed E-state index contributed by atoms with van der Waals surface area (Å²) in [5.41, 5.74) is 4.76. The first-order chi connectivity index (χ1) is 14.0. The predicted octanol–water partition coefficient (Wildman–Crippen LogP) is 3.43. The van der Waals surface area contributed by atoms with E-state index in [-0.39, 0.29) is 5.91 Å². The molecule has 0 spiro atoms. The Bertz CT molecular complexity index is 1200. The van der Waals surface area contributed by atoms with Gasteiger partial charge in [-0.15, -0.1) is 0 Å². The fourth-order valence-corrected chi connectivity index (χ4v) is 3.94. The van der Waals surface area contributed by atoms with Crippen molar-refractivity contribution in [3.63, 3.8) is 0 Å². The minimum absolute atomic E-state index is 0.153. The lowest BCUT2D eigenvalue weighted by atomic mass is 10.1. The highest BCUT2D eigenvalue weighted by Gasteiger charge is 2.22. The zero-order chi connectivity index (χ0) is 20.4. The Kier molecular flexibility index (Phi) is 5.49. The maximum atomic E-state index is 11.9. The van der Waals surface area contributed by atoms with E-state index in [2.05, 4.69) is 22.1 Å². The topological polar surface area (TPSA) is 50.2 Å². The maximum absolute atomic E-state index is 11.9. The zero-order valence-electron chi connectivity index (χ0n) is 16.0. The van der Waals surface area contributed by atoms with E-state index in [1.54, 1.807) is 6.33 Å². The summed E-state index contributed by atoms with van der Waals surface area (Å²) in [6.45, 7) is 0.729. The molecule has 1 saturated heterocycles. The first-order valence-corrected chi connectivity index (χ1v) is 10.2. The molecule has 1 aliphatic rings. The number of thiocarbonyl (C=S) groups is 1. The molecule has 2 heterocycles. The normalized spacial score (nSPS) is 15.1. The molecule has 7 heteroatoms. The molecule has 0 unspecified atom stereocenters. The molecular formula is C22H18N4OS2. The van der Waals surface area contributed by atoms with E-state index < -0.39 is 0 Å². The van der Waals surface area contributed by atoms with Gasteiger partial charge in [0.15, 0.2) is 0 Å². The lowest BCUT2D eigenvalue weighted by molar-refractivity contribution is -0.115. The van der Waals surface area contributed by atoms with Crippen molar-refractivity contribution in [3.8, 4) is 17.5 Å².